The Morgan fingerprint density at radius 1 is 1.35 bits per heavy atom. The van der Waals surface area contributed by atoms with Crippen LogP contribution in [0.5, 0.6) is 0 Å². The Hall–Kier alpha value is -1.55. The van der Waals surface area contributed by atoms with Crippen LogP contribution in [-0.2, 0) is 0 Å². The zero-order valence-electron chi connectivity index (χ0n) is 12.7. The highest BCUT2D eigenvalue weighted by Crippen LogP contribution is 2.37. The number of hydrogen-bond donors (Lipinski definition) is 2. The third-order valence-electron chi connectivity index (χ3n) is 4.07. The summed E-state index contributed by atoms with van der Waals surface area (Å²) in [5, 5.41) is 3.62. The molecule has 0 aliphatic carbocycles. The van der Waals surface area contributed by atoms with E-state index in [-0.39, 0.29) is 11.5 Å². The van der Waals surface area contributed by atoms with E-state index in [1.807, 2.05) is 12.1 Å². The molecule has 0 spiro atoms. The van der Waals surface area contributed by atoms with Crippen LogP contribution < -0.4 is 11.1 Å². The Labute approximate surface area is 119 Å². The van der Waals surface area contributed by atoms with Crippen LogP contribution in [0.15, 0.2) is 27.4 Å². The highest BCUT2D eigenvalue weighted by Gasteiger charge is 2.29. The lowest BCUT2D eigenvalue weighted by atomic mass is 9.78. The maximum absolute atomic E-state index is 11.3. The van der Waals surface area contributed by atoms with E-state index in [9.17, 15) is 4.79 Å². The van der Waals surface area contributed by atoms with Crippen LogP contribution in [0, 0.1) is 5.41 Å². The van der Waals surface area contributed by atoms with Crippen LogP contribution in [-0.4, -0.2) is 11.5 Å². The van der Waals surface area contributed by atoms with Gasteiger partial charge in [-0.05, 0) is 42.5 Å². The van der Waals surface area contributed by atoms with E-state index in [1.165, 1.54) is 5.56 Å². The van der Waals surface area contributed by atoms with Gasteiger partial charge in [-0.25, -0.2) is 4.79 Å². The van der Waals surface area contributed by atoms with Crippen LogP contribution in [0.25, 0.3) is 11.1 Å². The smallest absolute Gasteiger partial charge is 0.408 e. The van der Waals surface area contributed by atoms with Crippen LogP contribution >= 0.6 is 0 Å². The Kier molecular flexibility index (Phi) is 4.33. The lowest BCUT2D eigenvalue weighted by molar-refractivity contribution is 0.235. The predicted octanol–water partition coefficient (Wildman–Crippen LogP) is 3.60. The van der Waals surface area contributed by atoms with Gasteiger partial charge in [0.05, 0.1) is 5.52 Å². The molecule has 2 N–H and O–H groups in total. The van der Waals surface area contributed by atoms with Crippen LogP contribution in [0.1, 0.15) is 52.1 Å². The van der Waals surface area contributed by atoms with Gasteiger partial charge in [0, 0.05) is 6.04 Å². The average molecular weight is 276 g/mol. The van der Waals surface area contributed by atoms with Crippen molar-refractivity contribution in [2.45, 2.75) is 46.6 Å². The molecule has 0 saturated carbocycles. The molecule has 4 heteroatoms. The van der Waals surface area contributed by atoms with Gasteiger partial charge in [-0.15, -0.1) is 0 Å². The first-order valence-corrected chi connectivity index (χ1v) is 7.34. The molecule has 1 atom stereocenters. The standard InChI is InChI=1S/C16H24N2O2/c1-5-9-17-14(16(3,4)6-2)11-7-8-12-13(10-11)20-15(19)18-12/h7-8,10,14,17H,5-6,9H2,1-4H3,(H,18,19). The third kappa shape index (κ3) is 2.96. The lowest BCUT2D eigenvalue weighted by Gasteiger charge is -2.34. The van der Waals surface area contributed by atoms with Crippen molar-refractivity contribution < 1.29 is 4.42 Å². The molecule has 2 aromatic rings. The highest BCUT2D eigenvalue weighted by molar-refractivity contribution is 5.72. The van der Waals surface area contributed by atoms with E-state index < -0.39 is 5.76 Å². The van der Waals surface area contributed by atoms with Crippen molar-refractivity contribution in [1.29, 1.82) is 0 Å². The van der Waals surface area contributed by atoms with Crippen molar-refractivity contribution >= 4 is 11.1 Å². The summed E-state index contributed by atoms with van der Waals surface area (Å²) in [6.07, 6.45) is 2.17. The van der Waals surface area contributed by atoms with Gasteiger partial charge in [-0.1, -0.05) is 33.8 Å². The van der Waals surface area contributed by atoms with E-state index >= 15 is 0 Å². The molecule has 4 nitrogen and oxygen atoms in total. The van der Waals surface area contributed by atoms with Crippen molar-refractivity contribution in [3.8, 4) is 0 Å². The SMILES string of the molecule is CCCNC(c1ccc2[nH]c(=O)oc2c1)C(C)(C)CC. The molecule has 20 heavy (non-hydrogen) atoms. The number of H-pyrrole nitrogens is 1. The summed E-state index contributed by atoms with van der Waals surface area (Å²) in [7, 11) is 0. The van der Waals surface area contributed by atoms with Crippen LogP contribution in [0.2, 0.25) is 0 Å². The molecular weight excluding hydrogens is 252 g/mol. The van der Waals surface area contributed by atoms with E-state index in [1.54, 1.807) is 0 Å². The summed E-state index contributed by atoms with van der Waals surface area (Å²) in [6.45, 7) is 9.87. The number of oxazole rings is 1. The molecule has 110 valence electrons. The molecule has 1 aromatic heterocycles. The van der Waals surface area contributed by atoms with E-state index in [2.05, 4.69) is 44.1 Å². The minimum Gasteiger partial charge on any atom is -0.408 e. The van der Waals surface area contributed by atoms with Gasteiger partial charge in [-0.2, -0.15) is 0 Å². The van der Waals surface area contributed by atoms with Gasteiger partial charge in [0.25, 0.3) is 0 Å². The minimum atomic E-state index is -0.398. The van der Waals surface area contributed by atoms with Crippen LogP contribution in [0.3, 0.4) is 0 Å². The molecule has 1 unspecified atom stereocenters. The van der Waals surface area contributed by atoms with E-state index in [0.717, 1.165) is 24.9 Å². The van der Waals surface area contributed by atoms with Gasteiger partial charge < -0.3 is 9.73 Å². The maximum atomic E-state index is 11.3. The molecule has 2 rings (SSSR count). The summed E-state index contributed by atoms with van der Waals surface area (Å²) >= 11 is 0. The number of nitrogens with one attached hydrogen (secondary N) is 2. The van der Waals surface area contributed by atoms with Crippen molar-refractivity contribution in [2.24, 2.45) is 5.41 Å². The molecule has 1 heterocycles. The first kappa shape index (κ1) is 14.9. The van der Waals surface area contributed by atoms with Gasteiger partial charge in [-0.3, -0.25) is 4.98 Å². The summed E-state index contributed by atoms with van der Waals surface area (Å²) in [5.41, 5.74) is 2.69. The number of fused-ring (bicyclic) bond motifs is 1. The van der Waals surface area contributed by atoms with Gasteiger partial charge >= 0.3 is 5.76 Å². The monoisotopic (exact) mass is 276 g/mol. The van der Waals surface area contributed by atoms with Gasteiger partial charge in [0.2, 0.25) is 0 Å². The molecule has 0 aliphatic heterocycles. The normalized spacial score (nSPS) is 13.8. The third-order valence-corrected chi connectivity index (χ3v) is 4.07. The van der Waals surface area contributed by atoms with E-state index in [0.29, 0.717) is 5.58 Å². The second-order valence-electron chi connectivity index (χ2n) is 6.00. The fourth-order valence-corrected chi connectivity index (χ4v) is 2.48. The number of rotatable bonds is 6. The van der Waals surface area contributed by atoms with Crippen LogP contribution in [0.4, 0.5) is 0 Å². The quantitative estimate of drug-likeness (QED) is 0.847. The second kappa shape index (κ2) is 5.83. The number of hydrogen-bond acceptors (Lipinski definition) is 3. The van der Waals surface area contributed by atoms with Crippen molar-refractivity contribution in [2.75, 3.05) is 6.54 Å². The number of aromatic amines is 1. The van der Waals surface area contributed by atoms with E-state index in [4.69, 9.17) is 4.42 Å². The Bertz CT molecular complexity index is 625. The summed E-state index contributed by atoms with van der Waals surface area (Å²) in [5.74, 6) is -0.398. The molecule has 0 fully saturated rings. The zero-order chi connectivity index (χ0) is 14.8. The Balaban J connectivity index is 2.41. The summed E-state index contributed by atoms with van der Waals surface area (Å²) in [6, 6.07) is 6.20. The molecule has 0 saturated heterocycles. The highest BCUT2D eigenvalue weighted by atomic mass is 16.4. The van der Waals surface area contributed by atoms with Crippen molar-refractivity contribution in [3.05, 3.63) is 34.3 Å². The number of aromatic nitrogens is 1. The van der Waals surface area contributed by atoms with Crippen molar-refractivity contribution in [3.63, 3.8) is 0 Å². The molecule has 0 bridgehead atoms. The molecular formula is C16H24N2O2. The van der Waals surface area contributed by atoms with Gasteiger partial charge in [0.1, 0.15) is 0 Å². The Morgan fingerprint density at radius 2 is 2.10 bits per heavy atom. The predicted molar refractivity (Wildman–Crippen MR) is 81.9 cm³/mol. The second-order valence-corrected chi connectivity index (χ2v) is 6.00. The zero-order valence-corrected chi connectivity index (χ0v) is 12.7. The topological polar surface area (TPSA) is 58.0 Å². The Morgan fingerprint density at radius 3 is 2.75 bits per heavy atom. The maximum Gasteiger partial charge on any atom is 0.417 e. The lowest BCUT2D eigenvalue weighted by Crippen LogP contribution is -2.34. The molecule has 1 aromatic carbocycles. The minimum absolute atomic E-state index is 0.138. The fourth-order valence-electron chi connectivity index (χ4n) is 2.48. The van der Waals surface area contributed by atoms with Gasteiger partial charge in [0.15, 0.2) is 5.58 Å². The largest absolute Gasteiger partial charge is 0.417 e. The first-order chi connectivity index (χ1) is 9.47. The fraction of sp³-hybridized carbons (Fsp3) is 0.562. The molecule has 0 amide bonds. The molecule has 0 aliphatic rings. The summed E-state index contributed by atoms with van der Waals surface area (Å²) in [4.78, 5) is 13.9. The average Bonchev–Trinajstić information content (AvgIpc) is 2.78. The van der Waals surface area contributed by atoms with Crippen molar-refractivity contribution in [1.82, 2.24) is 10.3 Å². The summed E-state index contributed by atoms with van der Waals surface area (Å²) < 4.78 is 5.17. The number of benzene rings is 1. The molecule has 0 radical (unpaired) electrons. The first-order valence-electron chi connectivity index (χ1n) is 7.34.